The van der Waals surface area contributed by atoms with E-state index in [2.05, 4.69) is 20.5 Å². The summed E-state index contributed by atoms with van der Waals surface area (Å²) in [6, 6.07) is 9.85. The summed E-state index contributed by atoms with van der Waals surface area (Å²) in [7, 11) is 0. The molecule has 3 aromatic heterocycles. The number of fused-ring (bicyclic) bond motifs is 1. The van der Waals surface area contributed by atoms with Gasteiger partial charge >= 0.3 is 0 Å². The third-order valence-electron chi connectivity index (χ3n) is 4.20. The molecule has 0 radical (unpaired) electrons. The number of anilines is 1. The zero-order valence-corrected chi connectivity index (χ0v) is 15.3. The summed E-state index contributed by atoms with van der Waals surface area (Å²) in [6.45, 7) is 3.93. The number of aromatic amines is 1. The minimum Gasteiger partial charge on any atom is -0.420 e. The number of para-hydroxylation sites is 1. The molecule has 0 bridgehead atoms. The van der Waals surface area contributed by atoms with Gasteiger partial charge in [0.05, 0.1) is 17.0 Å². The van der Waals surface area contributed by atoms with E-state index in [9.17, 15) is 4.79 Å². The van der Waals surface area contributed by atoms with E-state index >= 15 is 0 Å². The minimum atomic E-state index is -0.0537. The number of carbonyl (C=O) groups excluding carboxylic acids is 1. The van der Waals surface area contributed by atoms with Crippen LogP contribution in [0.5, 0.6) is 0 Å². The molecule has 1 amide bonds. The van der Waals surface area contributed by atoms with Gasteiger partial charge in [0.15, 0.2) is 0 Å². The molecule has 0 spiro atoms. The highest BCUT2D eigenvalue weighted by atomic mass is 32.1. The molecule has 6 nitrogen and oxygen atoms in total. The van der Waals surface area contributed by atoms with Gasteiger partial charge in [0.1, 0.15) is 0 Å². The lowest BCUT2D eigenvalue weighted by atomic mass is 10.1. The van der Waals surface area contributed by atoms with Crippen LogP contribution in [0.1, 0.15) is 23.3 Å². The Morgan fingerprint density at radius 3 is 2.96 bits per heavy atom. The Morgan fingerprint density at radius 1 is 1.31 bits per heavy atom. The molecule has 1 aromatic carbocycles. The molecule has 0 aliphatic carbocycles. The summed E-state index contributed by atoms with van der Waals surface area (Å²) in [5, 5.41) is 12.1. The molecule has 4 rings (SSSR count). The lowest BCUT2D eigenvalue weighted by Crippen LogP contribution is -2.14. The molecule has 0 saturated carbocycles. The van der Waals surface area contributed by atoms with E-state index in [0.29, 0.717) is 24.6 Å². The first-order valence-electron chi connectivity index (χ1n) is 8.42. The van der Waals surface area contributed by atoms with Crippen LogP contribution in [-0.4, -0.2) is 21.1 Å². The van der Waals surface area contributed by atoms with Crippen molar-refractivity contribution in [1.29, 1.82) is 0 Å². The predicted octanol–water partition coefficient (Wildman–Crippen LogP) is 4.33. The maximum Gasteiger partial charge on any atom is 0.257 e. The van der Waals surface area contributed by atoms with Crippen molar-refractivity contribution in [2.24, 2.45) is 0 Å². The standard InChI is InChI=1S/C19H18N4O2S/c1-3-18-22-23-19(25-18)16-9-15(11(2)26-16)21-17(24)8-12-10-20-14-7-5-4-6-13(12)14/h4-7,9-10,20H,3,8H2,1-2H3,(H,21,24). The van der Waals surface area contributed by atoms with Gasteiger partial charge in [-0.05, 0) is 24.6 Å². The minimum absolute atomic E-state index is 0.0537. The van der Waals surface area contributed by atoms with Gasteiger partial charge < -0.3 is 14.7 Å². The fourth-order valence-electron chi connectivity index (χ4n) is 2.85. The van der Waals surface area contributed by atoms with E-state index in [4.69, 9.17) is 4.42 Å². The van der Waals surface area contributed by atoms with E-state index < -0.39 is 0 Å². The van der Waals surface area contributed by atoms with E-state index in [1.54, 1.807) is 0 Å². The van der Waals surface area contributed by atoms with Gasteiger partial charge in [-0.3, -0.25) is 4.79 Å². The molecule has 0 aliphatic heterocycles. The van der Waals surface area contributed by atoms with Crippen LogP contribution in [0.15, 0.2) is 40.9 Å². The number of H-pyrrole nitrogens is 1. The van der Waals surface area contributed by atoms with Crippen molar-refractivity contribution in [3.8, 4) is 10.8 Å². The number of thiophene rings is 1. The molecular weight excluding hydrogens is 348 g/mol. The Kier molecular flexibility index (Phi) is 4.30. The average molecular weight is 366 g/mol. The van der Waals surface area contributed by atoms with Gasteiger partial charge in [0, 0.05) is 28.4 Å². The summed E-state index contributed by atoms with van der Waals surface area (Å²) in [4.78, 5) is 17.6. The molecule has 0 unspecified atom stereocenters. The van der Waals surface area contributed by atoms with Gasteiger partial charge in [-0.2, -0.15) is 0 Å². The maximum atomic E-state index is 12.5. The SMILES string of the molecule is CCc1nnc(-c2cc(NC(=O)Cc3c[nH]c4ccccc34)c(C)s2)o1. The highest BCUT2D eigenvalue weighted by Crippen LogP contribution is 2.33. The van der Waals surface area contributed by atoms with Crippen molar-refractivity contribution < 1.29 is 9.21 Å². The molecule has 132 valence electrons. The van der Waals surface area contributed by atoms with Crippen molar-refractivity contribution in [1.82, 2.24) is 15.2 Å². The van der Waals surface area contributed by atoms with E-state index in [-0.39, 0.29) is 5.91 Å². The number of nitrogens with one attached hydrogen (secondary N) is 2. The van der Waals surface area contributed by atoms with E-state index in [0.717, 1.165) is 31.9 Å². The summed E-state index contributed by atoms with van der Waals surface area (Å²) in [5.41, 5.74) is 2.80. The smallest absolute Gasteiger partial charge is 0.257 e. The second-order valence-corrected chi connectivity index (χ2v) is 7.28. The lowest BCUT2D eigenvalue weighted by Gasteiger charge is -2.03. The number of benzene rings is 1. The van der Waals surface area contributed by atoms with Crippen molar-refractivity contribution >= 4 is 33.8 Å². The van der Waals surface area contributed by atoms with Crippen LogP contribution in [-0.2, 0) is 17.6 Å². The summed E-state index contributed by atoms with van der Waals surface area (Å²) in [5.74, 6) is 1.05. The number of aryl methyl sites for hydroxylation is 2. The Morgan fingerprint density at radius 2 is 2.15 bits per heavy atom. The van der Waals surface area contributed by atoms with Crippen molar-refractivity contribution in [3.63, 3.8) is 0 Å². The number of nitrogens with zero attached hydrogens (tertiary/aromatic N) is 2. The zero-order valence-electron chi connectivity index (χ0n) is 14.5. The van der Waals surface area contributed by atoms with Crippen LogP contribution in [0.3, 0.4) is 0 Å². The second kappa shape index (κ2) is 6.76. The van der Waals surface area contributed by atoms with Crippen molar-refractivity contribution in [2.45, 2.75) is 26.7 Å². The first-order chi connectivity index (χ1) is 12.6. The van der Waals surface area contributed by atoms with Crippen LogP contribution in [0.2, 0.25) is 0 Å². The molecule has 26 heavy (non-hydrogen) atoms. The molecule has 2 N–H and O–H groups in total. The highest BCUT2D eigenvalue weighted by Gasteiger charge is 2.15. The van der Waals surface area contributed by atoms with Gasteiger partial charge in [-0.25, -0.2) is 0 Å². The predicted molar refractivity (Wildman–Crippen MR) is 102 cm³/mol. The van der Waals surface area contributed by atoms with E-state index in [1.165, 1.54) is 11.3 Å². The number of aromatic nitrogens is 3. The quantitative estimate of drug-likeness (QED) is 0.550. The van der Waals surface area contributed by atoms with Crippen LogP contribution in [0.25, 0.3) is 21.7 Å². The molecule has 7 heteroatoms. The second-order valence-electron chi connectivity index (χ2n) is 6.02. The molecule has 0 atom stereocenters. The van der Waals surface area contributed by atoms with Gasteiger partial charge in [-0.1, -0.05) is 25.1 Å². The van der Waals surface area contributed by atoms with E-state index in [1.807, 2.05) is 50.4 Å². The molecule has 0 saturated heterocycles. The number of hydrogen-bond donors (Lipinski definition) is 2. The molecule has 0 aliphatic rings. The van der Waals surface area contributed by atoms with Crippen LogP contribution < -0.4 is 5.32 Å². The average Bonchev–Trinajstić information content (AvgIpc) is 3.35. The molecule has 0 fully saturated rings. The number of rotatable bonds is 5. The summed E-state index contributed by atoms with van der Waals surface area (Å²) >= 11 is 1.53. The van der Waals surface area contributed by atoms with Gasteiger partial charge in [0.2, 0.25) is 11.8 Å². The fourth-order valence-corrected chi connectivity index (χ4v) is 3.75. The van der Waals surface area contributed by atoms with Gasteiger partial charge in [-0.15, -0.1) is 21.5 Å². The normalized spacial score (nSPS) is 11.2. The number of carbonyl (C=O) groups is 1. The highest BCUT2D eigenvalue weighted by molar-refractivity contribution is 7.15. The number of hydrogen-bond acceptors (Lipinski definition) is 5. The van der Waals surface area contributed by atoms with Gasteiger partial charge in [0.25, 0.3) is 5.89 Å². The number of amides is 1. The van der Waals surface area contributed by atoms with Crippen LogP contribution in [0, 0.1) is 6.92 Å². The molecule has 3 heterocycles. The third-order valence-corrected chi connectivity index (χ3v) is 5.24. The third kappa shape index (κ3) is 3.13. The first kappa shape index (κ1) is 16.5. The van der Waals surface area contributed by atoms with Crippen LogP contribution >= 0.6 is 11.3 Å². The van der Waals surface area contributed by atoms with Crippen molar-refractivity contribution in [3.05, 3.63) is 52.9 Å². The topological polar surface area (TPSA) is 83.8 Å². The Bertz CT molecular complexity index is 1080. The lowest BCUT2D eigenvalue weighted by molar-refractivity contribution is -0.115. The largest absolute Gasteiger partial charge is 0.420 e. The molecule has 4 aromatic rings. The summed E-state index contributed by atoms with van der Waals surface area (Å²) in [6.07, 6.45) is 2.90. The van der Waals surface area contributed by atoms with Crippen molar-refractivity contribution in [2.75, 3.05) is 5.32 Å². The van der Waals surface area contributed by atoms with Crippen LogP contribution in [0.4, 0.5) is 5.69 Å². The fraction of sp³-hybridized carbons (Fsp3) is 0.211. The Hall–Kier alpha value is -2.93. The zero-order chi connectivity index (χ0) is 18.1. The first-order valence-corrected chi connectivity index (χ1v) is 9.23. The maximum absolute atomic E-state index is 12.5. The monoisotopic (exact) mass is 366 g/mol. The Labute approximate surface area is 154 Å². The summed E-state index contributed by atoms with van der Waals surface area (Å²) < 4.78 is 5.60. The Balaban J connectivity index is 1.51. The molecular formula is C19H18N4O2S.